The van der Waals surface area contributed by atoms with Crippen molar-refractivity contribution in [2.24, 2.45) is 0 Å². The Morgan fingerprint density at radius 1 is 1.42 bits per heavy atom. The summed E-state index contributed by atoms with van der Waals surface area (Å²) in [5, 5.41) is 12.6. The summed E-state index contributed by atoms with van der Waals surface area (Å²) in [4.78, 5) is 25.3. The number of carbonyl (C=O) groups is 2. The minimum atomic E-state index is -1.05. The average Bonchev–Trinajstić information content (AvgIpc) is 2.79. The minimum Gasteiger partial charge on any atom is -0.480 e. The predicted molar refractivity (Wildman–Crippen MR) is 74.9 cm³/mol. The van der Waals surface area contributed by atoms with E-state index >= 15 is 0 Å². The van der Waals surface area contributed by atoms with Crippen molar-refractivity contribution in [3.8, 4) is 0 Å². The lowest BCUT2D eigenvalue weighted by atomic mass is 10.0. The van der Waals surface area contributed by atoms with Gasteiger partial charge in [-0.15, -0.1) is 0 Å². The lowest BCUT2D eigenvalue weighted by molar-refractivity contribution is -0.141. The topological polar surface area (TPSA) is 82.2 Å². The van der Waals surface area contributed by atoms with E-state index in [1.807, 2.05) is 18.2 Å². The maximum atomic E-state index is 11.2. The number of carboxylic acid groups (broad SMARTS) is 1. The van der Waals surface area contributed by atoms with Gasteiger partial charge in [-0.05, 0) is 23.8 Å². The molecule has 0 radical (unpaired) electrons. The molecule has 0 aliphatic carbocycles. The molecule has 0 saturated heterocycles. The third kappa shape index (κ3) is 2.96. The van der Waals surface area contributed by atoms with Crippen molar-refractivity contribution in [3.05, 3.63) is 34.4 Å². The van der Waals surface area contributed by atoms with Gasteiger partial charge in [0, 0.05) is 34.9 Å². The van der Waals surface area contributed by atoms with E-state index in [4.69, 9.17) is 5.11 Å². The van der Waals surface area contributed by atoms with Gasteiger partial charge in [0.2, 0.25) is 5.91 Å². The number of hydrogen-bond donors (Lipinski definition) is 3. The largest absolute Gasteiger partial charge is 0.480 e. The number of rotatable bonds is 4. The number of aliphatic carboxylic acids is 1. The summed E-state index contributed by atoms with van der Waals surface area (Å²) in [6.45, 7) is 1.31. The molecule has 0 saturated carbocycles. The lowest BCUT2D eigenvalue weighted by Gasteiger charge is -2.15. The van der Waals surface area contributed by atoms with Crippen LogP contribution in [0.3, 0.4) is 0 Å². The third-order valence-electron chi connectivity index (χ3n) is 2.87. The molecule has 0 aliphatic rings. The first-order valence-electron chi connectivity index (χ1n) is 5.73. The van der Waals surface area contributed by atoms with E-state index in [1.54, 1.807) is 6.20 Å². The first-order valence-corrected chi connectivity index (χ1v) is 6.52. The Labute approximate surface area is 118 Å². The Morgan fingerprint density at radius 3 is 2.79 bits per heavy atom. The van der Waals surface area contributed by atoms with E-state index in [1.165, 1.54) is 6.92 Å². The van der Waals surface area contributed by atoms with E-state index in [-0.39, 0.29) is 12.3 Å². The molecule has 19 heavy (non-hydrogen) atoms. The quantitative estimate of drug-likeness (QED) is 0.805. The Bertz CT molecular complexity index is 636. The van der Waals surface area contributed by atoms with Crippen LogP contribution >= 0.6 is 15.9 Å². The van der Waals surface area contributed by atoms with Gasteiger partial charge in [0.25, 0.3) is 0 Å². The van der Waals surface area contributed by atoms with Crippen molar-refractivity contribution in [3.63, 3.8) is 0 Å². The second-order valence-electron chi connectivity index (χ2n) is 4.26. The third-order valence-corrected chi connectivity index (χ3v) is 3.62. The molecular formula is C13H13BrN2O3. The van der Waals surface area contributed by atoms with Gasteiger partial charge in [0.1, 0.15) is 6.04 Å². The van der Waals surface area contributed by atoms with Gasteiger partial charge < -0.3 is 15.4 Å². The van der Waals surface area contributed by atoms with Crippen molar-refractivity contribution in [2.75, 3.05) is 0 Å². The molecule has 0 bridgehead atoms. The highest BCUT2D eigenvalue weighted by Gasteiger charge is 2.21. The van der Waals surface area contributed by atoms with Crippen LogP contribution in [0.5, 0.6) is 0 Å². The molecule has 0 aliphatic heterocycles. The fourth-order valence-electron chi connectivity index (χ4n) is 2.03. The Hall–Kier alpha value is -1.82. The zero-order valence-corrected chi connectivity index (χ0v) is 11.8. The monoisotopic (exact) mass is 324 g/mol. The fraction of sp³-hybridized carbons (Fsp3) is 0.231. The highest BCUT2D eigenvalue weighted by molar-refractivity contribution is 9.10. The Morgan fingerprint density at radius 2 is 2.16 bits per heavy atom. The van der Waals surface area contributed by atoms with Crippen LogP contribution in [0.2, 0.25) is 0 Å². The molecule has 1 heterocycles. The molecule has 1 atom stereocenters. The van der Waals surface area contributed by atoms with Crippen LogP contribution < -0.4 is 5.32 Å². The first kappa shape index (κ1) is 13.6. The molecule has 1 aromatic heterocycles. The second kappa shape index (κ2) is 5.44. The number of fused-ring (bicyclic) bond motifs is 1. The van der Waals surface area contributed by atoms with Gasteiger partial charge in [-0.2, -0.15) is 0 Å². The molecule has 1 amide bonds. The van der Waals surface area contributed by atoms with E-state index in [9.17, 15) is 9.59 Å². The number of carbonyl (C=O) groups excluding carboxylic acids is 1. The summed E-state index contributed by atoms with van der Waals surface area (Å²) in [6, 6.07) is 4.73. The van der Waals surface area contributed by atoms with E-state index in [2.05, 4.69) is 26.2 Å². The van der Waals surface area contributed by atoms with Crippen molar-refractivity contribution in [1.82, 2.24) is 10.3 Å². The van der Waals surface area contributed by atoms with Crippen LogP contribution in [0.25, 0.3) is 10.9 Å². The van der Waals surface area contributed by atoms with Crippen LogP contribution in [0, 0.1) is 0 Å². The predicted octanol–water partition coefficient (Wildman–Crippen LogP) is 2.06. The number of amides is 1. The molecule has 5 nitrogen and oxygen atoms in total. The molecule has 1 aromatic carbocycles. The maximum Gasteiger partial charge on any atom is 0.326 e. The number of nitrogens with one attached hydrogen (secondary N) is 2. The number of benzene rings is 1. The van der Waals surface area contributed by atoms with Crippen molar-refractivity contribution >= 4 is 38.7 Å². The van der Waals surface area contributed by atoms with Crippen molar-refractivity contribution in [2.45, 2.75) is 19.4 Å². The molecular weight excluding hydrogens is 312 g/mol. The van der Waals surface area contributed by atoms with Crippen LogP contribution in [0.4, 0.5) is 0 Å². The van der Waals surface area contributed by atoms with Crippen LogP contribution in [-0.4, -0.2) is 28.0 Å². The first-order chi connectivity index (χ1) is 8.99. The molecule has 100 valence electrons. The summed E-state index contributed by atoms with van der Waals surface area (Å²) in [6.07, 6.45) is 2.03. The lowest BCUT2D eigenvalue weighted by Crippen LogP contribution is -2.41. The number of carboxylic acids is 1. The molecule has 0 fully saturated rings. The molecule has 1 unspecified atom stereocenters. The number of halogens is 1. The fourth-order valence-corrected chi connectivity index (χ4v) is 2.53. The second-order valence-corrected chi connectivity index (χ2v) is 5.11. The van der Waals surface area contributed by atoms with Gasteiger partial charge >= 0.3 is 5.97 Å². The normalized spacial score (nSPS) is 12.3. The van der Waals surface area contributed by atoms with Crippen LogP contribution in [0.1, 0.15) is 12.5 Å². The average molecular weight is 325 g/mol. The number of hydrogen-bond acceptors (Lipinski definition) is 2. The Balaban J connectivity index is 2.37. The molecule has 3 N–H and O–H groups in total. The van der Waals surface area contributed by atoms with Crippen LogP contribution in [-0.2, 0) is 16.0 Å². The van der Waals surface area contributed by atoms with E-state index in [0.29, 0.717) is 0 Å². The van der Waals surface area contributed by atoms with Crippen LogP contribution in [0.15, 0.2) is 28.9 Å². The highest BCUT2D eigenvalue weighted by Crippen LogP contribution is 2.27. The molecule has 2 rings (SSSR count). The van der Waals surface area contributed by atoms with E-state index in [0.717, 1.165) is 20.9 Å². The SMILES string of the molecule is CC(=O)NC(Cc1c(Br)ccc2[nH]ccc12)C(=O)O. The van der Waals surface area contributed by atoms with Gasteiger partial charge in [-0.25, -0.2) is 4.79 Å². The summed E-state index contributed by atoms with van der Waals surface area (Å²) in [5.41, 5.74) is 1.80. The standard InChI is InChI=1S/C13H13BrN2O3/c1-7(17)16-12(13(18)19)6-9-8-4-5-15-11(8)3-2-10(9)14/h2-5,12,15H,6H2,1H3,(H,16,17)(H,18,19). The summed E-state index contributed by atoms with van der Waals surface area (Å²) in [7, 11) is 0. The zero-order valence-electron chi connectivity index (χ0n) is 10.2. The van der Waals surface area contributed by atoms with Crippen molar-refractivity contribution < 1.29 is 14.7 Å². The van der Waals surface area contributed by atoms with Gasteiger partial charge in [0.05, 0.1) is 0 Å². The number of aromatic nitrogens is 1. The van der Waals surface area contributed by atoms with Gasteiger partial charge in [-0.3, -0.25) is 4.79 Å². The summed E-state index contributed by atoms with van der Waals surface area (Å²) in [5.74, 6) is -1.40. The molecule has 2 aromatic rings. The Kier molecular flexibility index (Phi) is 3.90. The summed E-state index contributed by atoms with van der Waals surface area (Å²) >= 11 is 3.43. The van der Waals surface area contributed by atoms with Crippen molar-refractivity contribution in [1.29, 1.82) is 0 Å². The highest BCUT2D eigenvalue weighted by atomic mass is 79.9. The van der Waals surface area contributed by atoms with E-state index < -0.39 is 12.0 Å². The zero-order chi connectivity index (χ0) is 14.0. The van der Waals surface area contributed by atoms with Gasteiger partial charge in [0.15, 0.2) is 0 Å². The summed E-state index contributed by atoms with van der Waals surface area (Å²) < 4.78 is 0.830. The smallest absolute Gasteiger partial charge is 0.326 e. The minimum absolute atomic E-state index is 0.227. The number of H-pyrrole nitrogens is 1. The molecule has 0 spiro atoms. The maximum absolute atomic E-state index is 11.2. The number of aromatic amines is 1. The van der Waals surface area contributed by atoms with Gasteiger partial charge in [-0.1, -0.05) is 15.9 Å². The molecule has 6 heteroatoms.